The van der Waals surface area contributed by atoms with E-state index in [0.29, 0.717) is 35.1 Å². The first-order valence-electron chi connectivity index (χ1n) is 10.8. The molecule has 0 radical (unpaired) electrons. The summed E-state index contributed by atoms with van der Waals surface area (Å²) in [6.07, 6.45) is 9.30. The molecule has 2 aromatic carbocycles. The average molecular weight is 515 g/mol. The van der Waals surface area contributed by atoms with Gasteiger partial charge in [-0.25, -0.2) is 0 Å². The number of nitrogens with one attached hydrogen (secondary N) is 1. The molecule has 0 unspecified atom stereocenters. The van der Waals surface area contributed by atoms with E-state index in [1.165, 1.54) is 50.5 Å². The third kappa shape index (κ3) is 7.05. The number of rotatable bonds is 8. The highest BCUT2D eigenvalue weighted by molar-refractivity contribution is 9.10. The maximum absolute atomic E-state index is 6.28. The van der Waals surface area contributed by atoms with E-state index in [2.05, 4.69) is 33.4 Å². The number of halogens is 3. The molecular formula is C24H30BrCl2NO2. The van der Waals surface area contributed by atoms with E-state index < -0.39 is 0 Å². The van der Waals surface area contributed by atoms with Gasteiger partial charge in [0.25, 0.3) is 0 Å². The van der Waals surface area contributed by atoms with Crippen LogP contribution in [0.5, 0.6) is 11.5 Å². The first kappa shape index (κ1) is 23.7. The smallest absolute Gasteiger partial charge is 0.175 e. The highest BCUT2D eigenvalue weighted by Gasteiger charge is 2.15. The van der Waals surface area contributed by atoms with Crippen molar-refractivity contribution in [2.75, 3.05) is 6.61 Å². The van der Waals surface area contributed by atoms with Crippen LogP contribution in [0.4, 0.5) is 0 Å². The second-order valence-electron chi connectivity index (χ2n) is 7.79. The Morgan fingerprint density at radius 2 is 1.73 bits per heavy atom. The zero-order chi connectivity index (χ0) is 21.3. The van der Waals surface area contributed by atoms with Crippen molar-refractivity contribution in [3.63, 3.8) is 0 Å². The molecule has 1 N–H and O–H groups in total. The fourth-order valence-corrected chi connectivity index (χ4v) is 4.90. The predicted molar refractivity (Wildman–Crippen MR) is 129 cm³/mol. The summed E-state index contributed by atoms with van der Waals surface area (Å²) in [5.74, 6) is 1.43. The first-order chi connectivity index (χ1) is 14.6. The molecule has 0 saturated heterocycles. The quantitative estimate of drug-likeness (QED) is 0.387. The highest BCUT2D eigenvalue weighted by Crippen LogP contribution is 2.38. The second-order valence-corrected chi connectivity index (χ2v) is 9.48. The zero-order valence-corrected chi connectivity index (χ0v) is 20.6. The molecule has 2 aromatic rings. The minimum atomic E-state index is 0.342. The van der Waals surface area contributed by atoms with Crippen molar-refractivity contribution >= 4 is 39.1 Å². The Morgan fingerprint density at radius 1 is 1.00 bits per heavy atom. The number of benzene rings is 2. The normalized spacial score (nSPS) is 15.5. The lowest BCUT2D eigenvalue weighted by Gasteiger charge is -2.22. The summed E-state index contributed by atoms with van der Waals surface area (Å²) in [5.41, 5.74) is 2.06. The van der Waals surface area contributed by atoms with Crippen LogP contribution < -0.4 is 14.8 Å². The van der Waals surface area contributed by atoms with Crippen LogP contribution in [-0.2, 0) is 13.2 Å². The molecule has 1 saturated carbocycles. The van der Waals surface area contributed by atoms with Gasteiger partial charge >= 0.3 is 0 Å². The maximum Gasteiger partial charge on any atom is 0.175 e. The molecule has 1 aliphatic carbocycles. The van der Waals surface area contributed by atoms with E-state index in [1.807, 2.05) is 19.1 Å². The van der Waals surface area contributed by atoms with Gasteiger partial charge in [-0.3, -0.25) is 0 Å². The molecule has 0 heterocycles. The van der Waals surface area contributed by atoms with Crippen LogP contribution in [0.3, 0.4) is 0 Å². The van der Waals surface area contributed by atoms with Gasteiger partial charge in [0.15, 0.2) is 11.5 Å². The van der Waals surface area contributed by atoms with E-state index in [-0.39, 0.29) is 0 Å². The number of ether oxygens (including phenoxy) is 2. The van der Waals surface area contributed by atoms with Crippen LogP contribution in [0.15, 0.2) is 34.8 Å². The molecule has 1 aliphatic rings. The minimum absolute atomic E-state index is 0.342. The van der Waals surface area contributed by atoms with E-state index in [0.717, 1.165) is 22.3 Å². The highest BCUT2D eigenvalue weighted by atomic mass is 79.9. The van der Waals surface area contributed by atoms with Crippen LogP contribution in [0, 0.1) is 0 Å². The molecule has 0 spiro atoms. The maximum atomic E-state index is 6.28. The standard InChI is InChI=1S/C24H30BrCl2NO2/c1-2-29-23-13-17(15-28-20-8-6-4-3-5-7-9-20)12-21(25)24(23)30-16-18-10-11-19(26)14-22(18)27/h10-14,20,28H,2-9,15-16H2,1H3. The zero-order valence-electron chi connectivity index (χ0n) is 17.5. The Hall–Kier alpha value is -0.940. The van der Waals surface area contributed by atoms with E-state index in [1.54, 1.807) is 6.07 Å². The average Bonchev–Trinajstić information content (AvgIpc) is 2.68. The van der Waals surface area contributed by atoms with Crippen molar-refractivity contribution in [2.45, 2.75) is 71.1 Å². The van der Waals surface area contributed by atoms with Gasteiger partial charge in [0.1, 0.15) is 6.61 Å². The fourth-order valence-electron chi connectivity index (χ4n) is 3.84. The van der Waals surface area contributed by atoms with Crippen molar-refractivity contribution in [1.29, 1.82) is 0 Å². The van der Waals surface area contributed by atoms with Crippen molar-refractivity contribution in [3.05, 3.63) is 56.0 Å². The Morgan fingerprint density at radius 3 is 2.43 bits per heavy atom. The summed E-state index contributed by atoms with van der Waals surface area (Å²) in [6.45, 7) is 3.72. The van der Waals surface area contributed by atoms with Crippen molar-refractivity contribution in [1.82, 2.24) is 5.32 Å². The van der Waals surface area contributed by atoms with Gasteiger partial charge in [0, 0.05) is 28.2 Å². The third-order valence-corrected chi connectivity index (χ3v) is 6.63. The van der Waals surface area contributed by atoms with Crippen molar-refractivity contribution in [2.24, 2.45) is 0 Å². The fraction of sp³-hybridized carbons (Fsp3) is 0.500. The number of hydrogen-bond donors (Lipinski definition) is 1. The Balaban J connectivity index is 1.68. The molecule has 3 nitrogen and oxygen atoms in total. The number of hydrogen-bond acceptors (Lipinski definition) is 3. The molecule has 30 heavy (non-hydrogen) atoms. The van der Waals surface area contributed by atoms with Gasteiger partial charge in [-0.15, -0.1) is 0 Å². The van der Waals surface area contributed by atoms with Crippen LogP contribution in [-0.4, -0.2) is 12.6 Å². The van der Waals surface area contributed by atoms with Crippen LogP contribution >= 0.6 is 39.1 Å². The molecular weight excluding hydrogens is 485 g/mol. The van der Waals surface area contributed by atoms with Gasteiger partial charge in [-0.2, -0.15) is 0 Å². The summed E-state index contributed by atoms with van der Waals surface area (Å²) in [5, 5.41) is 4.95. The Bertz CT molecular complexity index is 823. The molecule has 0 atom stereocenters. The molecule has 0 aliphatic heterocycles. The van der Waals surface area contributed by atoms with E-state index in [9.17, 15) is 0 Å². The lowest BCUT2D eigenvalue weighted by molar-refractivity contribution is 0.267. The van der Waals surface area contributed by atoms with E-state index >= 15 is 0 Å². The molecule has 0 bridgehead atoms. The summed E-state index contributed by atoms with van der Waals surface area (Å²) in [6, 6.07) is 10.2. The molecule has 0 amide bonds. The second kappa shape index (κ2) is 12.2. The van der Waals surface area contributed by atoms with Crippen molar-refractivity contribution < 1.29 is 9.47 Å². The summed E-state index contributed by atoms with van der Waals surface area (Å²) in [7, 11) is 0. The molecule has 3 rings (SSSR count). The molecule has 164 valence electrons. The first-order valence-corrected chi connectivity index (χ1v) is 12.4. The van der Waals surface area contributed by atoms with E-state index in [4.69, 9.17) is 32.7 Å². The Kier molecular flexibility index (Phi) is 9.64. The van der Waals surface area contributed by atoms with Crippen LogP contribution in [0.2, 0.25) is 10.0 Å². The minimum Gasteiger partial charge on any atom is -0.490 e. The van der Waals surface area contributed by atoms with Crippen molar-refractivity contribution in [3.8, 4) is 11.5 Å². The summed E-state index contributed by atoms with van der Waals surface area (Å²) in [4.78, 5) is 0. The topological polar surface area (TPSA) is 30.5 Å². The van der Waals surface area contributed by atoms with Gasteiger partial charge in [-0.1, -0.05) is 61.4 Å². The SMILES string of the molecule is CCOc1cc(CNC2CCCCCCC2)cc(Br)c1OCc1ccc(Cl)cc1Cl. The van der Waals surface area contributed by atoms with Gasteiger partial charge in [-0.05, 0) is 65.5 Å². The lowest BCUT2D eigenvalue weighted by Crippen LogP contribution is -2.29. The third-order valence-electron chi connectivity index (χ3n) is 5.46. The van der Waals surface area contributed by atoms with Gasteiger partial charge < -0.3 is 14.8 Å². The monoisotopic (exact) mass is 513 g/mol. The van der Waals surface area contributed by atoms with Gasteiger partial charge in [0.2, 0.25) is 0 Å². The summed E-state index contributed by atoms with van der Waals surface area (Å²) >= 11 is 15.9. The molecule has 1 fully saturated rings. The van der Waals surface area contributed by atoms with Gasteiger partial charge in [0.05, 0.1) is 11.1 Å². The van der Waals surface area contributed by atoms with Crippen LogP contribution in [0.1, 0.15) is 63.0 Å². The Labute approximate surface area is 198 Å². The largest absolute Gasteiger partial charge is 0.490 e. The van der Waals surface area contributed by atoms with Crippen LogP contribution in [0.25, 0.3) is 0 Å². The predicted octanol–water partition coefficient (Wildman–Crippen LogP) is 7.94. The summed E-state index contributed by atoms with van der Waals surface area (Å²) < 4.78 is 12.9. The molecule has 6 heteroatoms. The lowest BCUT2D eigenvalue weighted by atomic mass is 9.96. The molecule has 0 aromatic heterocycles.